The number of furan rings is 2. The van der Waals surface area contributed by atoms with E-state index < -0.39 is 11.8 Å². The van der Waals surface area contributed by atoms with E-state index in [1.807, 2.05) is 32.0 Å². The summed E-state index contributed by atoms with van der Waals surface area (Å²) >= 11 is 6.07. The third-order valence-corrected chi connectivity index (χ3v) is 4.82. The molecule has 2 aromatic heterocycles. The summed E-state index contributed by atoms with van der Waals surface area (Å²) in [5.41, 5.74) is 3.10. The molecule has 0 aliphatic heterocycles. The number of anilines is 2. The lowest BCUT2D eigenvalue weighted by molar-refractivity contribution is 0.0987. The fourth-order valence-corrected chi connectivity index (χ4v) is 3.27. The number of halogens is 1. The molecular formula is C22H17ClN2O4. The van der Waals surface area contributed by atoms with E-state index >= 15 is 0 Å². The van der Waals surface area contributed by atoms with Crippen LogP contribution in [0.3, 0.4) is 0 Å². The van der Waals surface area contributed by atoms with Crippen molar-refractivity contribution in [3.8, 4) is 0 Å². The van der Waals surface area contributed by atoms with Gasteiger partial charge < -0.3 is 19.5 Å². The minimum Gasteiger partial charge on any atom is -0.459 e. The second-order valence-electron chi connectivity index (χ2n) is 6.58. The molecule has 0 radical (unpaired) electrons. The van der Waals surface area contributed by atoms with Gasteiger partial charge in [0, 0.05) is 16.0 Å². The minimum atomic E-state index is -0.455. The highest BCUT2D eigenvalue weighted by atomic mass is 35.5. The lowest BCUT2D eigenvalue weighted by Crippen LogP contribution is -2.16. The number of hydrogen-bond acceptors (Lipinski definition) is 4. The first-order valence-electron chi connectivity index (χ1n) is 8.88. The van der Waals surface area contributed by atoms with Gasteiger partial charge >= 0.3 is 0 Å². The van der Waals surface area contributed by atoms with E-state index in [1.165, 1.54) is 12.3 Å². The molecule has 29 heavy (non-hydrogen) atoms. The Morgan fingerprint density at radius 1 is 0.931 bits per heavy atom. The Labute approximate surface area is 171 Å². The van der Waals surface area contributed by atoms with Crippen molar-refractivity contribution >= 4 is 45.8 Å². The summed E-state index contributed by atoms with van der Waals surface area (Å²) in [7, 11) is 0. The molecule has 0 saturated heterocycles. The molecule has 0 atom stereocenters. The quantitative estimate of drug-likeness (QED) is 0.447. The van der Waals surface area contributed by atoms with Gasteiger partial charge in [0.15, 0.2) is 11.5 Å². The molecule has 2 N–H and O–H groups in total. The second kappa shape index (κ2) is 7.48. The molecule has 0 aliphatic rings. The summed E-state index contributed by atoms with van der Waals surface area (Å²) in [5.74, 6) is -0.518. The number of carbonyl (C=O) groups excluding carboxylic acids is 2. The lowest BCUT2D eigenvalue weighted by atomic mass is 10.1. The van der Waals surface area contributed by atoms with Gasteiger partial charge in [-0.1, -0.05) is 29.8 Å². The molecule has 0 bridgehead atoms. The van der Waals surface area contributed by atoms with Gasteiger partial charge in [-0.05, 0) is 49.7 Å². The highest BCUT2D eigenvalue weighted by molar-refractivity contribution is 6.31. The highest BCUT2D eigenvalue weighted by Crippen LogP contribution is 2.30. The average Bonchev–Trinajstić information content (AvgIpc) is 3.33. The molecule has 4 aromatic rings. The molecule has 0 aliphatic carbocycles. The van der Waals surface area contributed by atoms with Crippen LogP contribution in [0.4, 0.5) is 11.4 Å². The average molecular weight is 409 g/mol. The Bertz CT molecular complexity index is 1230. The molecule has 0 fully saturated rings. The van der Waals surface area contributed by atoms with Crippen molar-refractivity contribution in [3.05, 3.63) is 82.5 Å². The van der Waals surface area contributed by atoms with Crippen molar-refractivity contribution in [2.45, 2.75) is 13.8 Å². The highest BCUT2D eigenvalue weighted by Gasteiger charge is 2.20. The third-order valence-electron chi connectivity index (χ3n) is 4.59. The molecule has 2 amide bonds. The van der Waals surface area contributed by atoms with Crippen molar-refractivity contribution in [3.63, 3.8) is 0 Å². The zero-order chi connectivity index (χ0) is 20.5. The molecule has 0 unspecified atom stereocenters. The molecule has 0 spiro atoms. The molecule has 7 heteroatoms. The Morgan fingerprint density at radius 2 is 1.72 bits per heavy atom. The first-order chi connectivity index (χ1) is 13.9. The minimum absolute atomic E-state index is 0.144. The number of rotatable bonds is 4. The van der Waals surface area contributed by atoms with Crippen LogP contribution in [0.1, 0.15) is 32.2 Å². The molecule has 2 aromatic carbocycles. The zero-order valence-corrected chi connectivity index (χ0v) is 16.5. The van der Waals surface area contributed by atoms with Gasteiger partial charge in [-0.15, -0.1) is 0 Å². The predicted octanol–water partition coefficient (Wildman–Crippen LogP) is 5.80. The van der Waals surface area contributed by atoms with Gasteiger partial charge in [0.2, 0.25) is 0 Å². The number of amides is 2. The van der Waals surface area contributed by atoms with Crippen LogP contribution in [0, 0.1) is 13.8 Å². The molecule has 6 nitrogen and oxygen atoms in total. The smallest absolute Gasteiger partial charge is 0.291 e. The van der Waals surface area contributed by atoms with Crippen LogP contribution in [-0.2, 0) is 0 Å². The second-order valence-corrected chi connectivity index (χ2v) is 7.02. The normalized spacial score (nSPS) is 10.9. The van der Waals surface area contributed by atoms with Gasteiger partial charge in [0.05, 0.1) is 17.6 Å². The van der Waals surface area contributed by atoms with Crippen molar-refractivity contribution in [2.24, 2.45) is 0 Å². The van der Waals surface area contributed by atoms with Crippen molar-refractivity contribution in [2.75, 3.05) is 10.6 Å². The Hall–Kier alpha value is -3.51. The van der Waals surface area contributed by atoms with E-state index in [-0.39, 0.29) is 11.5 Å². The summed E-state index contributed by atoms with van der Waals surface area (Å²) in [5, 5.41) is 6.78. The molecular weight excluding hydrogens is 392 g/mol. The van der Waals surface area contributed by atoms with Crippen LogP contribution >= 0.6 is 11.6 Å². The van der Waals surface area contributed by atoms with Crippen LogP contribution in [0.2, 0.25) is 5.02 Å². The van der Waals surface area contributed by atoms with E-state index in [0.29, 0.717) is 22.0 Å². The number of aryl methyl sites for hydroxylation is 2. The summed E-state index contributed by atoms with van der Waals surface area (Å²) in [6.07, 6.45) is 1.40. The number of benzene rings is 2. The van der Waals surface area contributed by atoms with E-state index in [9.17, 15) is 9.59 Å². The summed E-state index contributed by atoms with van der Waals surface area (Å²) in [6.45, 7) is 3.76. The number of nitrogens with one attached hydrogen (secondary N) is 2. The van der Waals surface area contributed by atoms with Crippen molar-refractivity contribution in [1.82, 2.24) is 0 Å². The lowest BCUT2D eigenvalue weighted by Gasteiger charge is -2.12. The van der Waals surface area contributed by atoms with Gasteiger partial charge in [-0.3, -0.25) is 9.59 Å². The van der Waals surface area contributed by atoms with E-state index in [4.69, 9.17) is 20.4 Å². The largest absolute Gasteiger partial charge is 0.459 e. The number of carbonyl (C=O) groups is 2. The maximum Gasteiger partial charge on any atom is 0.291 e. The number of para-hydroxylation sites is 1. The van der Waals surface area contributed by atoms with Crippen LogP contribution in [0.15, 0.2) is 63.6 Å². The summed E-state index contributed by atoms with van der Waals surface area (Å²) in [4.78, 5) is 25.2. The van der Waals surface area contributed by atoms with Crippen LogP contribution < -0.4 is 10.6 Å². The fourth-order valence-electron chi connectivity index (χ4n) is 3.10. The number of fused-ring (bicyclic) bond motifs is 1. The Balaban J connectivity index is 1.64. The van der Waals surface area contributed by atoms with E-state index in [0.717, 1.165) is 16.5 Å². The van der Waals surface area contributed by atoms with Crippen LogP contribution in [0.25, 0.3) is 11.0 Å². The maximum atomic E-state index is 12.9. The van der Waals surface area contributed by atoms with Gasteiger partial charge in [0.25, 0.3) is 11.8 Å². The van der Waals surface area contributed by atoms with E-state index in [2.05, 4.69) is 10.6 Å². The van der Waals surface area contributed by atoms with Gasteiger partial charge in [-0.25, -0.2) is 0 Å². The summed E-state index contributed by atoms with van der Waals surface area (Å²) < 4.78 is 10.9. The SMILES string of the molecule is Cc1c(C(=O)Nc2ccc(Cl)cc2NC(=O)c2ccco2)oc2c(C)cccc12. The maximum absolute atomic E-state index is 12.9. The standard InChI is InChI=1S/C22H17ClN2O4/c1-12-5-3-6-15-13(2)20(29-19(12)15)22(27)24-16-9-8-14(23)11-17(16)25-21(26)18-7-4-10-28-18/h3-11H,1-2H3,(H,24,27)(H,25,26). The molecule has 4 rings (SSSR count). The van der Waals surface area contributed by atoms with Crippen molar-refractivity contribution in [1.29, 1.82) is 0 Å². The topological polar surface area (TPSA) is 84.5 Å². The first-order valence-corrected chi connectivity index (χ1v) is 9.26. The Kier molecular flexibility index (Phi) is 4.86. The van der Waals surface area contributed by atoms with E-state index in [1.54, 1.807) is 24.3 Å². The fraction of sp³-hybridized carbons (Fsp3) is 0.0909. The monoisotopic (exact) mass is 408 g/mol. The molecule has 2 heterocycles. The molecule has 0 saturated carbocycles. The van der Waals surface area contributed by atoms with Gasteiger partial charge in [0.1, 0.15) is 5.58 Å². The third kappa shape index (κ3) is 3.62. The van der Waals surface area contributed by atoms with Crippen LogP contribution in [-0.4, -0.2) is 11.8 Å². The predicted molar refractivity (Wildman–Crippen MR) is 112 cm³/mol. The molecule has 146 valence electrons. The first kappa shape index (κ1) is 18.8. The number of hydrogen-bond donors (Lipinski definition) is 2. The Morgan fingerprint density at radius 3 is 2.45 bits per heavy atom. The van der Waals surface area contributed by atoms with Crippen LogP contribution in [0.5, 0.6) is 0 Å². The summed E-state index contributed by atoms with van der Waals surface area (Å²) in [6, 6.07) is 13.7. The van der Waals surface area contributed by atoms with Gasteiger partial charge in [-0.2, -0.15) is 0 Å². The zero-order valence-electron chi connectivity index (χ0n) is 15.7. The van der Waals surface area contributed by atoms with Crippen molar-refractivity contribution < 1.29 is 18.4 Å².